The summed E-state index contributed by atoms with van der Waals surface area (Å²) in [5.74, 6) is 0.363. The molecule has 1 aliphatic heterocycles. The highest BCUT2D eigenvalue weighted by molar-refractivity contribution is 5.89. The standard InChI is InChI=1S/C24H31N3O2/c1-17(2)19-10-12-20(13-11-19)21(25)16-26-24(29)22-9-6-14-27(22)23(28)15-18-7-4-3-5-8-18/h3-5,7-8,10-13,17,21-22H,6,9,14-16,25H2,1-2H3,(H,26,29). The third-order valence-electron chi connectivity index (χ3n) is 5.60. The Bertz CT molecular complexity index is 818. The van der Waals surface area contributed by atoms with Crippen molar-refractivity contribution in [1.29, 1.82) is 0 Å². The first-order valence-corrected chi connectivity index (χ1v) is 10.4. The van der Waals surface area contributed by atoms with Crippen LogP contribution in [-0.2, 0) is 16.0 Å². The van der Waals surface area contributed by atoms with E-state index in [1.54, 1.807) is 4.90 Å². The number of hydrogen-bond acceptors (Lipinski definition) is 3. The number of rotatable bonds is 7. The molecule has 29 heavy (non-hydrogen) atoms. The molecule has 0 saturated carbocycles. The summed E-state index contributed by atoms with van der Waals surface area (Å²) in [5, 5.41) is 2.95. The van der Waals surface area contributed by atoms with Gasteiger partial charge < -0.3 is 16.0 Å². The third-order valence-corrected chi connectivity index (χ3v) is 5.60. The molecule has 2 unspecified atom stereocenters. The van der Waals surface area contributed by atoms with Gasteiger partial charge in [0.25, 0.3) is 0 Å². The summed E-state index contributed by atoms with van der Waals surface area (Å²) in [6.07, 6.45) is 1.87. The zero-order valence-electron chi connectivity index (χ0n) is 17.3. The van der Waals surface area contributed by atoms with Crippen molar-refractivity contribution in [1.82, 2.24) is 10.2 Å². The van der Waals surface area contributed by atoms with E-state index in [-0.39, 0.29) is 17.9 Å². The van der Waals surface area contributed by atoms with E-state index in [9.17, 15) is 9.59 Å². The summed E-state index contributed by atoms with van der Waals surface area (Å²) in [5.41, 5.74) is 9.50. The summed E-state index contributed by atoms with van der Waals surface area (Å²) in [4.78, 5) is 27.1. The molecule has 1 fully saturated rings. The lowest BCUT2D eigenvalue weighted by Crippen LogP contribution is -2.47. The highest BCUT2D eigenvalue weighted by Crippen LogP contribution is 2.20. The number of carbonyl (C=O) groups is 2. The fourth-order valence-corrected chi connectivity index (χ4v) is 3.78. The Hall–Kier alpha value is -2.66. The van der Waals surface area contributed by atoms with Crippen LogP contribution in [0.4, 0.5) is 0 Å². The Morgan fingerprint density at radius 1 is 1.07 bits per heavy atom. The summed E-state index contributed by atoms with van der Waals surface area (Å²) in [6, 6.07) is 17.2. The number of likely N-dealkylation sites (tertiary alicyclic amines) is 1. The van der Waals surface area contributed by atoms with Crippen molar-refractivity contribution in [3.63, 3.8) is 0 Å². The molecular formula is C24H31N3O2. The molecule has 0 bridgehead atoms. The first kappa shape index (κ1) is 21.1. The molecule has 5 nitrogen and oxygen atoms in total. The molecule has 2 amide bonds. The number of hydrogen-bond donors (Lipinski definition) is 2. The minimum atomic E-state index is -0.401. The Morgan fingerprint density at radius 2 is 1.72 bits per heavy atom. The average molecular weight is 394 g/mol. The Kier molecular flexibility index (Phi) is 7.04. The molecule has 1 heterocycles. The van der Waals surface area contributed by atoms with Crippen LogP contribution in [0, 0.1) is 0 Å². The Morgan fingerprint density at radius 3 is 2.38 bits per heavy atom. The van der Waals surface area contributed by atoms with Gasteiger partial charge in [-0.1, -0.05) is 68.4 Å². The number of nitrogens with zero attached hydrogens (tertiary/aromatic N) is 1. The largest absolute Gasteiger partial charge is 0.352 e. The molecule has 2 aromatic carbocycles. The Balaban J connectivity index is 1.54. The molecule has 0 radical (unpaired) electrons. The van der Waals surface area contributed by atoms with E-state index >= 15 is 0 Å². The first-order chi connectivity index (χ1) is 14.0. The van der Waals surface area contributed by atoms with Crippen molar-refractivity contribution >= 4 is 11.8 Å². The maximum atomic E-state index is 12.7. The van der Waals surface area contributed by atoms with E-state index in [1.165, 1.54) is 5.56 Å². The molecule has 0 spiro atoms. The fourth-order valence-electron chi connectivity index (χ4n) is 3.78. The van der Waals surface area contributed by atoms with Crippen molar-refractivity contribution in [2.24, 2.45) is 5.73 Å². The van der Waals surface area contributed by atoms with Gasteiger partial charge in [-0.3, -0.25) is 9.59 Å². The molecule has 2 atom stereocenters. The van der Waals surface area contributed by atoms with Crippen LogP contribution < -0.4 is 11.1 Å². The molecular weight excluding hydrogens is 362 g/mol. The molecule has 154 valence electrons. The second-order valence-corrected chi connectivity index (χ2v) is 8.08. The minimum absolute atomic E-state index is 0.00224. The first-order valence-electron chi connectivity index (χ1n) is 10.4. The fraction of sp³-hybridized carbons (Fsp3) is 0.417. The number of carbonyl (C=O) groups excluding carboxylic acids is 2. The van der Waals surface area contributed by atoms with E-state index < -0.39 is 6.04 Å². The highest BCUT2D eigenvalue weighted by atomic mass is 16.2. The van der Waals surface area contributed by atoms with Crippen molar-refractivity contribution < 1.29 is 9.59 Å². The highest BCUT2D eigenvalue weighted by Gasteiger charge is 2.33. The topological polar surface area (TPSA) is 75.4 Å². The zero-order valence-corrected chi connectivity index (χ0v) is 17.3. The predicted octanol–water partition coefficient (Wildman–Crippen LogP) is 3.16. The van der Waals surface area contributed by atoms with Gasteiger partial charge in [0.2, 0.25) is 11.8 Å². The molecule has 2 aromatic rings. The summed E-state index contributed by atoms with van der Waals surface area (Å²) in [7, 11) is 0. The van der Waals surface area contributed by atoms with Gasteiger partial charge in [0, 0.05) is 19.1 Å². The molecule has 3 N–H and O–H groups in total. The van der Waals surface area contributed by atoms with Crippen LogP contribution in [0.25, 0.3) is 0 Å². The van der Waals surface area contributed by atoms with Crippen LogP contribution >= 0.6 is 0 Å². The SMILES string of the molecule is CC(C)c1ccc(C(N)CNC(=O)C2CCCN2C(=O)Cc2ccccc2)cc1. The van der Waals surface area contributed by atoms with Crippen molar-refractivity contribution in [3.8, 4) is 0 Å². The van der Waals surface area contributed by atoms with E-state index in [2.05, 4.69) is 31.3 Å². The summed E-state index contributed by atoms with van der Waals surface area (Å²) >= 11 is 0. The lowest BCUT2D eigenvalue weighted by molar-refractivity contribution is -0.138. The second-order valence-electron chi connectivity index (χ2n) is 8.08. The number of amides is 2. The molecule has 1 saturated heterocycles. The van der Waals surface area contributed by atoms with Gasteiger partial charge in [-0.25, -0.2) is 0 Å². The van der Waals surface area contributed by atoms with Gasteiger partial charge in [0.15, 0.2) is 0 Å². The maximum Gasteiger partial charge on any atom is 0.242 e. The van der Waals surface area contributed by atoms with Gasteiger partial charge in [-0.05, 0) is 35.4 Å². The Labute approximate surface area is 173 Å². The van der Waals surface area contributed by atoms with Gasteiger partial charge in [-0.2, -0.15) is 0 Å². The molecule has 0 aromatic heterocycles. The van der Waals surface area contributed by atoms with Gasteiger partial charge in [0.1, 0.15) is 6.04 Å². The molecule has 5 heteroatoms. The van der Waals surface area contributed by atoms with Gasteiger partial charge >= 0.3 is 0 Å². The lowest BCUT2D eigenvalue weighted by Gasteiger charge is -2.25. The number of benzene rings is 2. The van der Waals surface area contributed by atoms with Crippen LogP contribution in [0.5, 0.6) is 0 Å². The average Bonchev–Trinajstić information content (AvgIpc) is 3.23. The number of nitrogens with one attached hydrogen (secondary N) is 1. The molecule has 0 aliphatic carbocycles. The van der Waals surface area contributed by atoms with E-state index in [0.29, 0.717) is 31.8 Å². The van der Waals surface area contributed by atoms with Crippen LogP contribution in [0.1, 0.15) is 55.3 Å². The monoisotopic (exact) mass is 393 g/mol. The number of nitrogens with two attached hydrogens (primary N) is 1. The van der Waals surface area contributed by atoms with Crippen molar-refractivity contribution in [3.05, 3.63) is 71.3 Å². The van der Waals surface area contributed by atoms with Crippen LogP contribution in [0.15, 0.2) is 54.6 Å². The summed E-state index contributed by atoms with van der Waals surface area (Å²) < 4.78 is 0. The van der Waals surface area contributed by atoms with E-state index in [0.717, 1.165) is 17.5 Å². The third kappa shape index (κ3) is 5.45. The van der Waals surface area contributed by atoms with Crippen molar-refractivity contribution in [2.45, 2.75) is 51.1 Å². The maximum absolute atomic E-state index is 12.7. The lowest BCUT2D eigenvalue weighted by atomic mass is 9.99. The van der Waals surface area contributed by atoms with Gasteiger partial charge in [0.05, 0.1) is 6.42 Å². The van der Waals surface area contributed by atoms with E-state index in [1.807, 2.05) is 42.5 Å². The molecule has 3 rings (SSSR count). The smallest absolute Gasteiger partial charge is 0.242 e. The van der Waals surface area contributed by atoms with Crippen molar-refractivity contribution in [2.75, 3.05) is 13.1 Å². The molecule has 1 aliphatic rings. The zero-order chi connectivity index (χ0) is 20.8. The van der Waals surface area contributed by atoms with E-state index in [4.69, 9.17) is 5.73 Å². The minimum Gasteiger partial charge on any atom is -0.352 e. The normalized spacial score (nSPS) is 17.4. The van der Waals surface area contributed by atoms with Crippen LogP contribution in [0.3, 0.4) is 0 Å². The second kappa shape index (κ2) is 9.70. The van der Waals surface area contributed by atoms with Crippen LogP contribution in [0.2, 0.25) is 0 Å². The van der Waals surface area contributed by atoms with Gasteiger partial charge in [-0.15, -0.1) is 0 Å². The summed E-state index contributed by atoms with van der Waals surface area (Å²) in [6.45, 7) is 5.30. The quantitative estimate of drug-likeness (QED) is 0.759. The van der Waals surface area contributed by atoms with Crippen LogP contribution in [-0.4, -0.2) is 35.8 Å². The predicted molar refractivity (Wildman–Crippen MR) is 115 cm³/mol.